The van der Waals surface area contributed by atoms with Gasteiger partial charge in [-0.15, -0.1) is 0 Å². The Bertz CT molecular complexity index is 947. The molecule has 7 heteroatoms. The van der Waals surface area contributed by atoms with Crippen molar-refractivity contribution in [1.82, 2.24) is 9.88 Å². The molecule has 3 fully saturated rings. The third-order valence-electron chi connectivity index (χ3n) is 7.10. The smallest absolute Gasteiger partial charge is 0.338 e. The first-order valence-electron chi connectivity index (χ1n) is 11.8. The van der Waals surface area contributed by atoms with Crippen molar-refractivity contribution < 1.29 is 19.0 Å². The average Bonchev–Trinajstić information content (AvgIpc) is 3.66. The monoisotopic (exact) mass is 460 g/mol. The summed E-state index contributed by atoms with van der Waals surface area (Å²) in [5, 5.41) is 10.0. The van der Waals surface area contributed by atoms with Gasteiger partial charge in [-0.2, -0.15) is 0 Å². The largest absolute Gasteiger partial charge is 0.478 e. The van der Waals surface area contributed by atoms with Gasteiger partial charge in [0.05, 0.1) is 24.0 Å². The number of piperidine rings is 1. The summed E-state index contributed by atoms with van der Waals surface area (Å²) in [6, 6.07) is 3.98. The molecule has 0 aromatic carbocycles. The van der Waals surface area contributed by atoms with E-state index in [-0.39, 0.29) is 18.1 Å². The molecule has 3 aliphatic carbocycles. The molecule has 172 valence electrons. The van der Waals surface area contributed by atoms with Crippen LogP contribution in [-0.4, -0.2) is 46.8 Å². The maximum Gasteiger partial charge on any atom is 0.338 e. The summed E-state index contributed by atoms with van der Waals surface area (Å²) in [6.45, 7) is 3.38. The first kappa shape index (κ1) is 22.1. The van der Waals surface area contributed by atoms with E-state index in [0.717, 1.165) is 67.3 Å². The lowest BCUT2D eigenvalue weighted by molar-refractivity contribution is -0.132. The number of likely N-dealkylation sites (tertiary alicyclic amines) is 1. The van der Waals surface area contributed by atoms with Crippen LogP contribution in [-0.2, 0) is 16.1 Å². The van der Waals surface area contributed by atoms with Crippen molar-refractivity contribution in [2.75, 3.05) is 19.7 Å². The molecule has 0 bridgehead atoms. The second-order valence-corrected chi connectivity index (χ2v) is 10.2. The van der Waals surface area contributed by atoms with Gasteiger partial charge in [0.2, 0.25) is 0 Å². The number of rotatable bonds is 8. The molecule has 1 N–H and O–H groups in total. The van der Waals surface area contributed by atoms with Crippen molar-refractivity contribution in [1.29, 1.82) is 0 Å². The van der Waals surface area contributed by atoms with Gasteiger partial charge in [-0.1, -0.05) is 11.6 Å². The van der Waals surface area contributed by atoms with Crippen LogP contribution in [0, 0.1) is 11.8 Å². The van der Waals surface area contributed by atoms with Crippen molar-refractivity contribution in [3.05, 3.63) is 51.6 Å². The third-order valence-corrected chi connectivity index (χ3v) is 7.32. The lowest BCUT2D eigenvalue weighted by Gasteiger charge is -2.33. The highest BCUT2D eigenvalue weighted by Gasteiger charge is 2.37. The van der Waals surface area contributed by atoms with E-state index in [4.69, 9.17) is 21.3 Å². The van der Waals surface area contributed by atoms with Gasteiger partial charge >= 0.3 is 5.97 Å². The van der Waals surface area contributed by atoms with Crippen LogP contribution < -0.4 is 0 Å². The fourth-order valence-corrected chi connectivity index (χ4v) is 5.13. The SMILES string of the molecule is O=C(O)C1=C(F)CC(OCC2CCN(Cc3cc(Cl)cc(C4CC4)n3)CC2)C(C2CC2)=C1. The fraction of sp³-hybridized carbons (Fsp3) is 0.600. The minimum absolute atomic E-state index is 0.0482. The molecular weight excluding hydrogens is 431 g/mol. The molecular formula is C25H30ClFN2O3. The van der Waals surface area contributed by atoms with Gasteiger partial charge in [-0.05, 0) is 87.2 Å². The molecule has 1 aliphatic heterocycles. The first-order chi connectivity index (χ1) is 15.5. The Morgan fingerprint density at radius 3 is 2.53 bits per heavy atom. The van der Waals surface area contributed by atoms with Gasteiger partial charge in [-0.3, -0.25) is 9.88 Å². The van der Waals surface area contributed by atoms with Gasteiger partial charge < -0.3 is 9.84 Å². The number of halogens is 2. The average molecular weight is 461 g/mol. The Kier molecular flexibility index (Phi) is 6.37. The summed E-state index contributed by atoms with van der Waals surface area (Å²) in [5.41, 5.74) is 2.96. The molecule has 2 heterocycles. The summed E-state index contributed by atoms with van der Waals surface area (Å²) >= 11 is 6.31. The summed E-state index contributed by atoms with van der Waals surface area (Å²) in [5.74, 6) is -0.369. The number of hydrogen-bond donors (Lipinski definition) is 1. The van der Waals surface area contributed by atoms with E-state index in [9.17, 15) is 14.3 Å². The van der Waals surface area contributed by atoms with E-state index < -0.39 is 11.8 Å². The van der Waals surface area contributed by atoms with Crippen molar-refractivity contribution in [2.45, 2.75) is 63.5 Å². The number of nitrogens with zero attached hydrogens (tertiary/aromatic N) is 2. The molecule has 1 saturated heterocycles. The first-order valence-corrected chi connectivity index (χ1v) is 12.2. The van der Waals surface area contributed by atoms with Crippen LogP contribution in [0.15, 0.2) is 35.2 Å². The Morgan fingerprint density at radius 2 is 1.88 bits per heavy atom. The molecule has 32 heavy (non-hydrogen) atoms. The van der Waals surface area contributed by atoms with E-state index in [1.165, 1.54) is 18.9 Å². The van der Waals surface area contributed by atoms with Crippen molar-refractivity contribution in [2.24, 2.45) is 11.8 Å². The van der Waals surface area contributed by atoms with E-state index in [1.807, 2.05) is 12.1 Å². The minimum atomic E-state index is -1.19. The normalized spacial score (nSPS) is 25.2. The number of carboxylic acid groups (broad SMARTS) is 1. The molecule has 0 amide bonds. The maximum absolute atomic E-state index is 14.3. The van der Waals surface area contributed by atoms with E-state index >= 15 is 0 Å². The third kappa shape index (κ3) is 5.24. The van der Waals surface area contributed by atoms with Crippen molar-refractivity contribution in [3.63, 3.8) is 0 Å². The molecule has 0 spiro atoms. The highest BCUT2D eigenvalue weighted by Crippen LogP contribution is 2.43. The highest BCUT2D eigenvalue weighted by molar-refractivity contribution is 6.30. The van der Waals surface area contributed by atoms with Gasteiger partial charge in [0.15, 0.2) is 0 Å². The zero-order valence-electron chi connectivity index (χ0n) is 18.2. The van der Waals surface area contributed by atoms with Gasteiger partial charge in [0.1, 0.15) is 5.83 Å². The minimum Gasteiger partial charge on any atom is -0.478 e. The Hall–Kier alpha value is -1.76. The summed E-state index contributed by atoms with van der Waals surface area (Å²) < 4.78 is 20.5. The number of ether oxygens (including phenoxy) is 1. The van der Waals surface area contributed by atoms with E-state index in [0.29, 0.717) is 24.4 Å². The Morgan fingerprint density at radius 1 is 1.16 bits per heavy atom. The van der Waals surface area contributed by atoms with Crippen molar-refractivity contribution >= 4 is 17.6 Å². The highest BCUT2D eigenvalue weighted by atomic mass is 35.5. The van der Waals surface area contributed by atoms with Crippen LogP contribution in [0.1, 0.15) is 62.3 Å². The van der Waals surface area contributed by atoms with Crippen molar-refractivity contribution in [3.8, 4) is 0 Å². The topological polar surface area (TPSA) is 62.7 Å². The van der Waals surface area contributed by atoms with Crippen LogP contribution in [0.25, 0.3) is 0 Å². The Labute approximate surface area is 193 Å². The van der Waals surface area contributed by atoms with Gasteiger partial charge in [0, 0.05) is 29.6 Å². The fourth-order valence-electron chi connectivity index (χ4n) is 4.89. The molecule has 2 saturated carbocycles. The predicted octanol–water partition coefficient (Wildman–Crippen LogP) is 5.26. The number of carbonyl (C=O) groups is 1. The number of pyridine rings is 1. The van der Waals surface area contributed by atoms with Gasteiger partial charge in [-0.25, -0.2) is 9.18 Å². The molecule has 5 rings (SSSR count). The second-order valence-electron chi connectivity index (χ2n) is 9.76. The van der Waals surface area contributed by atoms with Crippen LogP contribution in [0.4, 0.5) is 4.39 Å². The number of aromatic nitrogens is 1. The lowest BCUT2D eigenvalue weighted by Crippen LogP contribution is -2.36. The van der Waals surface area contributed by atoms with Crippen LogP contribution in [0.2, 0.25) is 5.02 Å². The Balaban J connectivity index is 1.12. The summed E-state index contributed by atoms with van der Waals surface area (Å²) in [7, 11) is 0. The molecule has 4 aliphatic rings. The summed E-state index contributed by atoms with van der Waals surface area (Å²) in [6.07, 6.45) is 7.83. The standard InChI is InChI=1S/C25H30ClFN2O3/c26-18-9-19(28-23(10-18)17-3-4-17)13-29-7-5-15(6-8-29)14-32-24-12-22(27)21(25(30)31)11-20(24)16-1-2-16/h9-11,15-17,24H,1-8,12-14H2,(H,30,31). The summed E-state index contributed by atoms with van der Waals surface area (Å²) in [4.78, 5) is 18.5. The zero-order valence-corrected chi connectivity index (χ0v) is 19.0. The number of aliphatic carboxylic acids is 1. The van der Waals surface area contributed by atoms with Crippen LogP contribution in [0.3, 0.4) is 0 Å². The molecule has 1 unspecified atom stereocenters. The number of hydrogen-bond acceptors (Lipinski definition) is 4. The van der Waals surface area contributed by atoms with Crippen LogP contribution in [0.5, 0.6) is 0 Å². The number of carboxylic acids is 1. The van der Waals surface area contributed by atoms with Crippen LogP contribution >= 0.6 is 11.6 Å². The molecule has 1 aromatic rings. The maximum atomic E-state index is 14.3. The zero-order chi connectivity index (χ0) is 22.2. The quantitative estimate of drug-likeness (QED) is 0.573. The van der Waals surface area contributed by atoms with E-state index in [1.54, 1.807) is 0 Å². The molecule has 5 nitrogen and oxygen atoms in total. The van der Waals surface area contributed by atoms with E-state index in [2.05, 4.69) is 4.90 Å². The molecule has 1 aromatic heterocycles. The lowest BCUT2D eigenvalue weighted by atomic mass is 9.91. The second kappa shape index (κ2) is 9.24. The predicted molar refractivity (Wildman–Crippen MR) is 120 cm³/mol. The molecule has 0 radical (unpaired) electrons. The molecule has 1 atom stereocenters. The van der Waals surface area contributed by atoms with Gasteiger partial charge in [0.25, 0.3) is 0 Å².